The maximum absolute atomic E-state index is 11.1. The minimum Gasteiger partial charge on any atom is -0.491 e. The molecule has 0 amide bonds. The summed E-state index contributed by atoms with van der Waals surface area (Å²) in [6.07, 6.45) is 1.70. The molecule has 1 rings (SSSR count). The summed E-state index contributed by atoms with van der Waals surface area (Å²) in [4.78, 5) is 11.1. The van der Waals surface area contributed by atoms with Gasteiger partial charge in [0.25, 0.3) is 0 Å². The van der Waals surface area contributed by atoms with Crippen molar-refractivity contribution in [3.63, 3.8) is 0 Å². The Hall–Kier alpha value is -1.51. The Labute approximate surface area is 103 Å². The first-order valence-electron chi connectivity index (χ1n) is 6.07. The Morgan fingerprint density at radius 2 is 1.76 bits per heavy atom. The van der Waals surface area contributed by atoms with Gasteiger partial charge in [-0.2, -0.15) is 0 Å². The largest absolute Gasteiger partial charge is 0.491 e. The lowest BCUT2D eigenvalue weighted by Gasteiger charge is -2.12. The molecule has 0 N–H and O–H groups in total. The molecule has 0 spiro atoms. The van der Waals surface area contributed by atoms with Crippen LogP contribution in [0.5, 0.6) is 11.5 Å². The first-order chi connectivity index (χ1) is 8.15. The zero-order valence-corrected chi connectivity index (χ0v) is 10.7. The predicted molar refractivity (Wildman–Crippen MR) is 67.6 cm³/mol. The number of Topliss-reactive ketones (excluding diaryl/α,β-unsaturated/α-hetero) is 1. The molecular formula is C14H20O3. The zero-order chi connectivity index (χ0) is 12.7. The Balaban J connectivity index is 2.47. The molecule has 17 heavy (non-hydrogen) atoms. The highest BCUT2D eigenvalue weighted by Crippen LogP contribution is 2.19. The van der Waals surface area contributed by atoms with Crippen LogP contribution in [-0.4, -0.2) is 18.5 Å². The summed E-state index contributed by atoms with van der Waals surface area (Å²) in [6.45, 7) is 6.08. The number of hydrogen-bond acceptors (Lipinski definition) is 3. The molecule has 0 saturated heterocycles. The highest BCUT2D eigenvalue weighted by molar-refractivity contribution is 5.79. The Bertz CT molecular complexity index is 343. The molecule has 0 aliphatic carbocycles. The van der Waals surface area contributed by atoms with Crippen LogP contribution in [0.25, 0.3) is 0 Å². The van der Waals surface area contributed by atoms with Crippen LogP contribution in [0.4, 0.5) is 0 Å². The van der Waals surface area contributed by atoms with E-state index in [1.165, 1.54) is 0 Å². The van der Waals surface area contributed by atoms with Crippen LogP contribution < -0.4 is 9.47 Å². The summed E-state index contributed by atoms with van der Waals surface area (Å²) in [7, 11) is 0. The van der Waals surface area contributed by atoms with E-state index in [-0.39, 0.29) is 18.5 Å². The Morgan fingerprint density at radius 1 is 1.18 bits per heavy atom. The molecule has 0 radical (unpaired) electrons. The topological polar surface area (TPSA) is 35.5 Å². The molecule has 1 atom stereocenters. The molecule has 1 aromatic carbocycles. The molecule has 0 aliphatic heterocycles. The summed E-state index contributed by atoms with van der Waals surface area (Å²) in [5, 5.41) is 0. The smallest absolute Gasteiger partial charge is 0.169 e. The highest BCUT2D eigenvalue weighted by Gasteiger charge is 2.02. The van der Waals surface area contributed by atoms with Gasteiger partial charge in [-0.3, -0.25) is 4.79 Å². The Morgan fingerprint density at radius 3 is 2.29 bits per heavy atom. The lowest BCUT2D eigenvalue weighted by atomic mass is 10.3. The van der Waals surface area contributed by atoms with Crippen LogP contribution in [0.2, 0.25) is 0 Å². The van der Waals surface area contributed by atoms with E-state index in [1.54, 1.807) is 0 Å². The number of carbonyl (C=O) groups excluding carboxylic acids is 1. The van der Waals surface area contributed by atoms with Crippen molar-refractivity contribution in [2.75, 3.05) is 6.61 Å². The van der Waals surface area contributed by atoms with Crippen molar-refractivity contribution in [3.8, 4) is 11.5 Å². The van der Waals surface area contributed by atoms with Gasteiger partial charge >= 0.3 is 0 Å². The van der Waals surface area contributed by atoms with Gasteiger partial charge in [0.2, 0.25) is 0 Å². The first kappa shape index (κ1) is 13.6. The molecule has 0 fully saturated rings. The van der Waals surface area contributed by atoms with E-state index >= 15 is 0 Å². The lowest BCUT2D eigenvalue weighted by molar-refractivity contribution is -0.120. The van der Waals surface area contributed by atoms with Crippen LogP contribution in [0, 0.1) is 0 Å². The van der Waals surface area contributed by atoms with Crippen molar-refractivity contribution in [2.45, 2.75) is 39.7 Å². The summed E-state index contributed by atoms with van der Waals surface area (Å²) < 4.78 is 11.0. The van der Waals surface area contributed by atoms with E-state index in [4.69, 9.17) is 9.47 Å². The minimum absolute atomic E-state index is 0.102. The van der Waals surface area contributed by atoms with Gasteiger partial charge < -0.3 is 9.47 Å². The van der Waals surface area contributed by atoms with Gasteiger partial charge in [-0.05, 0) is 37.6 Å². The number of rotatable bonds is 7. The molecule has 0 bridgehead atoms. The number of carbonyl (C=O) groups is 1. The molecule has 0 heterocycles. The van der Waals surface area contributed by atoms with E-state index in [0.29, 0.717) is 12.2 Å². The molecule has 0 aliphatic rings. The van der Waals surface area contributed by atoms with Crippen LogP contribution in [0.15, 0.2) is 24.3 Å². The highest BCUT2D eigenvalue weighted by atomic mass is 16.5. The van der Waals surface area contributed by atoms with Gasteiger partial charge in [0.05, 0.1) is 6.10 Å². The molecular weight excluding hydrogens is 216 g/mol. The van der Waals surface area contributed by atoms with E-state index < -0.39 is 0 Å². The standard InChI is InChI=1S/C14H20O3/c1-4-11(3)17-14-8-6-13(7-9-14)16-10-12(15)5-2/h6-9,11H,4-5,10H2,1-3H3. The molecule has 0 aromatic heterocycles. The van der Waals surface area contributed by atoms with Crippen LogP contribution in [-0.2, 0) is 4.79 Å². The quantitative estimate of drug-likeness (QED) is 0.729. The van der Waals surface area contributed by atoms with Crippen molar-refractivity contribution >= 4 is 5.78 Å². The minimum atomic E-state index is 0.102. The lowest BCUT2D eigenvalue weighted by Crippen LogP contribution is -2.10. The zero-order valence-electron chi connectivity index (χ0n) is 10.7. The van der Waals surface area contributed by atoms with Crippen molar-refractivity contribution in [3.05, 3.63) is 24.3 Å². The van der Waals surface area contributed by atoms with Gasteiger partial charge in [0.15, 0.2) is 5.78 Å². The predicted octanol–water partition coefficient (Wildman–Crippen LogP) is 3.22. The number of benzene rings is 1. The normalized spacial score (nSPS) is 11.9. The fraction of sp³-hybridized carbons (Fsp3) is 0.500. The number of ketones is 1. The summed E-state index contributed by atoms with van der Waals surface area (Å²) in [6, 6.07) is 7.36. The monoisotopic (exact) mass is 236 g/mol. The van der Waals surface area contributed by atoms with Gasteiger partial charge in [0.1, 0.15) is 18.1 Å². The van der Waals surface area contributed by atoms with Crippen molar-refractivity contribution in [2.24, 2.45) is 0 Å². The molecule has 3 nitrogen and oxygen atoms in total. The fourth-order valence-corrected chi connectivity index (χ4v) is 1.20. The van der Waals surface area contributed by atoms with Crippen LogP contribution in [0.3, 0.4) is 0 Å². The fourth-order valence-electron chi connectivity index (χ4n) is 1.20. The van der Waals surface area contributed by atoms with E-state index in [9.17, 15) is 4.79 Å². The first-order valence-corrected chi connectivity index (χ1v) is 6.07. The third kappa shape index (κ3) is 4.89. The van der Waals surface area contributed by atoms with Crippen LogP contribution >= 0.6 is 0 Å². The molecule has 1 aromatic rings. The molecule has 0 saturated carbocycles. The second-order valence-corrected chi connectivity index (χ2v) is 3.99. The van der Waals surface area contributed by atoms with Gasteiger partial charge in [-0.25, -0.2) is 0 Å². The second kappa shape index (κ2) is 6.94. The van der Waals surface area contributed by atoms with E-state index in [1.807, 2.05) is 38.1 Å². The van der Waals surface area contributed by atoms with Crippen molar-refractivity contribution in [1.82, 2.24) is 0 Å². The summed E-state index contributed by atoms with van der Waals surface area (Å²) >= 11 is 0. The van der Waals surface area contributed by atoms with Crippen molar-refractivity contribution < 1.29 is 14.3 Å². The van der Waals surface area contributed by atoms with E-state index in [0.717, 1.165) is 12.2 Å². The molecule has 3 heteroatoms. The maximum Gasteiger partial charge on any atom is 0.169 e. The summed E-state index contributed by atoms with van der Waals surface area (Å²) in [5.41, 5.74) is 0. The average molecular weight is 236 g/mol. The van der Waals surface area contributed by atoms with Gasteiger partial charge in [-0.15, -0.1) is 0 Å². The third-order valence-corrected chi connectivity index (χ3v) is 2.53. The molecule has 1 unspecified atom stereocenters. The van der Waals surface area contributed by atoms with Crippen molar-refractivity contribution in [1.29, 1.82) is 0 Å². The van der Waals surface area contributed by atoms with Gasteiger partial charge in [0, 0.05) is 6.42 Å². The third-order valence-electron chi connectivity index (χ3n) is 2.53. The number of ether oxygens (including phenoxy) is 2. The van der Waals surface area contributed by atoms with Crippen LogP contribution in [0.1, 0.15) is 33.6 Å². The van der Waals surface area contributed by atoms with E-state index in [2.05, 4.69) is 6.92 Å². The average Bonchev–Trinajstić information content (AvgIpc) is 2.37. The SMILES string of the molecule is CCC(=O)COc1ccc(OC(C)CC)cc1. The molecule has 94 valence electrons. The number of hydrogen-bond donors (Lipinski definition) is 0. The Kier molecular flexibility index (Phi) is 5.53. The summed E-state index contributed by atoms with van der Waals surface area (Å²) in [5.74, 6) is 1.63. The second-order valence-electron chi connectivity index (χ2n) is 3.99. The van der Waals surface area contributed by atoms with Gasteiger partial charge in [-0.1, -0.05) is 13.8 Å². The maximum atomic E-state index is 11.1.